The van der Waals surface area contributed by atoms with Gasteiger partial charge in [-0.1, -0.05) is 29.8 Å². The number of anilines is 2. The number of nitrogen functional groups attached to an aromatic ring is 1. The van der Waals surface area contributed by atoms with Crippen molar-refractivity contribution in [3.63, 3.8) is 0 Å². The molecule has 0 spiro atoms. The van der Waals surface area contributed by atoms with Crippen molar-refractivity contribution < 1.29 is 14.2 Å². The third kappa shape index (κ3) is 3.72. The van der Waals surface area contributed by atoms with E-state index < -0.39 is 6.10 Å². The van der Waals surface area contributed by atoms with Crippen LogP contribution in [0.15, 0.2) is 24.3 Å². The van der Waals surface area contributed by atoms with Gasteiger partial charge in [0, 0.05) is 12.1 Å². The summed E-state index contributed by atoms with van der Waals surface area (Å²) in [4.78, 5) is 5.86. The van der Waals surface area contributed by atoms with Gasteiger partial charge in [0.15, 0.2) is 11.0 Å². The highest BCUT2D eigenvalue weighted by atomic mass is 35.5. The highest BCUT2D eigenvalue weighted by Gasteiger charge is 2.33. The van der Waals surface area contributed by atoms with E-state index in [1.807, 2.05) is 0 Å². The molecule has 3 rings (SSSR count). The summed E-state index contributed by atoms with van der Waals surface area (Å²) in [7, 11) is 0. The van der Waals surface area contributed by atoms with Crippen molar-refractivity contribution in [1.82, 2.24) is 15.2 Å². The Kier molecular flexibility index (Phi) is 5.08. The average Bonchev–Trinajstić information content (AvgIpc) is 2.93. The van der Waals surface area contributed by atoms with E-state index >= 15 is 0 Å². The Morgan fingerprint density at radius 3 is 2.92 bits per heavy atom. The standard InChI is InChI=1S/C15H17ClFN5O2/c16-13-14(18)19-15(21-20-13)22-6-11(23)5-10(22)8-24-7-9-3-1-2-4-12(9)17/h1-4,10-11,23H,5-8H2,(H2,18,19,21)/t10-,11+/m0/s1. The molecule has 2 heterocycles. The van der Waals surface area contributed by atoms with Gasteiger partial charge in [-0.05, 0) is 12.5 Å². The molecule has 2 aromatic rings. The number of halogens is 2. The summed E-state index contributed by atoms with van der Waals surface area (Å²) < 4.78 is 19.2. The highest BCUT2D eigenvalue weighted by molar-refractivity contribution is 6.31. The molecule has 0 amide bonds. The topological polar surface area (TPSA) is 97.4 Å². The van der Waals surface area contributed by atoms with E-state index in [1.165, 1.54) is 6.07 Å². The van der Waals surface area contributed by atoms with E-state index in [4.69, 9.17) is 22.1 Å². The van der Waals surface area contributed by atoms with Crippen LogP contribution in [0.2, 0.25) is 5.15 Å². The van der Waals surface area contributed by atoms with Gasteiger partial charge in [0.25, 0.3) is 0 Å². The molecule has 0 aliphatic carbocycles. The molecule has 128 valence electrons. The second-order valence-corrected chi connectivity index (χ2v) is 5.95. The molecule has 3 N–H and O–H groups in total. The maximum atomic E-state index is 13.6. The van der Waals surface area contributed by atoms with Gasteiger partial charge in [-0.25, -0.2) is 4.39 Å². The van der Waals surface area contributed by atoms with Crippen LogP contribution in [0.3, 0.4) is 0 Å². The average molecular weight is 354 g/mol. The van der Waals surface area contributed by atoms with Gasteiger partial charge < -0.3 is 20.5 Å². The van der Waals surface area contributed by atoms with Crippen molar-refractivity contribution >= 4 is 23.4 Å². The van der Waals surface area contributed by atoms with Crippen molar-refractivity contribution in [3.05, 3.63) is 40.8 Å². The number of hydrogen-bond acceptors (Lipinski definition) is 7. The fraction of sp³-hybridized carbons (Fsp3) is 0.400. The summed E-state index contributed by atoms with van der Waals surface area (Å²) in [5, 5.41) is 17.6. The molecule has 0 radical (unpaired) electrons. The third-order valence-electron chi connectivity index (χ3n) is 3.83. The van der Waals surface area contributed by atoms with Crippen LogP contribution in [0.5, 0.6) is 0 Å². The molecule has 0 unspecified atom stereocenters. The van der Waals surface area contributed by atoms with Crippen molar-refractivity contribution in [3.8, 4) is 0 Å². The Balaban J connectivity index is 1.65. The quantitative estimate of drug-likeness (QED) is 0.838. The van der Waals surface area contributed by atoms with Gasteiger partial charge >= 0.3 is 0 Å². The number of nitrogens with two attached hydrogens (primary N) is 1. The predicted molar refractivity (Wildman–Crippen MR) is 87.1 cm³/mol. The van der Waals surface area contributed by atoms with Crippen LogP contribution in [-0.4, -0.2) is 45.6 Å². The lowest BCUT2D eigenvalue weighted by atomic mass is 10.2. The normalized spacial score (nSPS) is 20.5. The van der Waals surface area contributed by atoms with Crippen molar-refractivity contribution in [2.45, 2.75) is 25.2 Å². The molecular weight excluding hydrogens is 337 g/mol. The zero-order chi connectivity index (χ0) is 17.1. The molecule has 2 atom stereocenters. The Hall–Kier alpha value is -2.03. The SMILES string of the molecule is Nc1nc(N2C[C@H](O)C[C@H]2COCc2ccccc2F)nnc1Cl. The van der Waals surface area contributed by atoms with Crippen LogP contribution >= 0.6 is 11.6 Å². The van der Waals surface area contributed by atoms with E-state index in [2.05, 4.69) is 15.2 Å². The Morgan fingerprint density at radius 2 is 2.17 bits per heavy atom. The lowest BCUT2D eigenvalue weighted by Gasteiger charge is -2.23. The fourth-order valence-corrected chi connectivity index (χ4v) is 2.73. The first-order valence-corrected chi connectivity index (χ1v) is 7.84. The molecule has 1 aromatic heterocycles. The second kappa shape index (κ2) is 7.25. The molecular formula is C15H17ClFN5O2. The molecule has 1 aromatic carbocycles. The van der Waals surface area contributed by atoms with Gasteiger partial charge in [-0.3, -0.25) is 0 Å². The van der Waals surface area contributed by atoms with Gasteiger partial charge in [0.2, 0.25) is 5.95 Å². The van der Waals surface area contributed by atoms with E-state index in [1.54, 1.807) is 23.1 Å². The minimum Gasteiger partial charge on any atom is -0.391 e. The zero-order valence-corrected chi connectivity index (χ0v) is 13.5. The lowest BCUT2D eigenvalue weighted by molar-refractivity contribution is 0.100. The van der Waals surface area contributed by atoms with Gasteiger partial charge in [0.1, 0.15) is 5.82 Å². The van der Waals surface area contributed by atoms with Gasteiger partial charge in [-0.2, -0.15) is 4.98 Å². The molecule has 0 bridgehead atoms. The predicted octanol–water partition coefficient (Wildman–Crippen LogP) is 1.40. The Bertz CT molecular complexity index is 720. The number of aliphatic hydroxyl groups is 1. The molecule has 0 saturated carbocycles. The molecule has 1 aliphatic heterocycles. The van der Waals surface area contributed by atoms with Crippen LogP contribution in [0.4, 0.5) is 16.2 Å². The number of rotatable bonds is 5. The minimum atomic E-state index is -0.535. The summed E-state index contributed by atoms with van der Waals surface area (Å²) >= 11 is 5.73. The van der Waals surface area contributed by atoms with Gasteiger partial charge in [0.05, 0.1) is 25.4 Å². The first-order valence-electron chi connectivity index (χ1n) is 7.46. The largest absolute Gasteiger partial charge is 0.391 e. The van der Waals surface area contributed by atoms with Crippen LogP contribution in [-0.2, 0) is 11.3 Å². The highest BCUT2D eigenvalue weighted by Crippen LogP contribution is 2.25. The van der Waals surface area contributed by atoms with Crippen LogP contribution < -0.4 is 10.6 Å². The van der Waals surface area contributed by atoms with Crippen molar-refractivity contribution in [2.24, 2.45) is 0 Å². The minimum absolute atomic E-state index is 0.0332. The first-order chi connectivity index (χ1) is 11.5. The smallest absolute Gasteiger partial charge is 0.247 e. The number of hydrogen-bond donors (Lipinski definition) is 2. The fourth-order valence-electron chi connectivity index (χ4n) is 2.65. The van der Waals surface area contributed by atoms with Crippen LogP contribution in [0.1, 0.15) is 12.0 Å². The van der Waals surface area contributed by atoms with E-state index in [0.29, 0.717) is 18.5 Å². The van der Waals surface area contributed by atoms with E-state index in [9.17, 15) is 9.50 Å². The Morgan fingerprint density at radius 1 is 1.38 bits per heavy atom. The lowest BCUT2D eigenvalue weighted by Crippen LogP contribution is -2.35. The van der Waals surface area contributed by atoms with Crippen LogP contribution in [0.25, 0.3) is 0 Å². The van der Waals surface area contributed by atoms with E-state index in [0.717, 1.165) is 0 Å². The maximum Gasteiger partial charge on any atom is 0.247 e. The molecule has 1 fully saturated rings. The van der Waals surface area contributed by atoms with Crippen molar-refractivity contribution in [1.29, 1.82) is 0 Å². The van der Waals surface area contributed by atoms with Crippen molar-refractivity contribution in [2.75, 3.05) is 23.8 Å². The van der Waals surface area contributed by atoms with E-state index in [-0.39, 0.29) is 42.0 Å². The van der Waals surface area contributed by atoms with Crippen LogP contribution in [0, 0.1) is 5.82 Å². The number of benzene rings is 1. The molecule has 1 aliphatic rings. The number of β-amino-alcohol motifs (C(OH)–C–C–N with tert-alkyl or cyclic N) is 1. The number of nitrogens with zero attached hydrogens (tertiary/aromatic N) is 4. The summed E-state index contributed by atoms with van der Waals surface area (Å²) in [5.41, 5.74) is 6.14. The Labute approximate surface area is 143 Å². The molecule has 9 heteroatoms. The third-order valence-corrected chi connectivity index (χ3v) is 4.10. The summed E-state index contributed by atoms with van der Waals surface area (Å²) in [6.07, 6.45) is -0.0454. The summed E-state index contributed by atoms with van der Waals surface area (Å²) in [6, 6.07) is 6.28. The maximum absolute atomic E-state index is 13.6. The number of ether oxygens (including phenoxy) is 1. The monoisotopic (exact) mass is 353 g/mol. The number of aromatic nitrogens is 3. The molecule has 1 saturated heterocycles. The summed E-state index contributed by atoms with van der Waals surface area (Å²) in [6.45, 7) is 0.780. The zero-order valence-electron chi connectivity index (χ0n) is 12.8. The number of aliphatic hydroxyl groups excluding tert-OH is 1. The molecule has 24 heavy (non-hydrogen) atoms. The summed E-state index contributed by atoms with van der Waals surface area (Å²) in [5.74, 6) is 0.0563. The first kappa shape index (κ1) is 16.8. The second-order valence-electron chi connectivity index (χ2n) is 5.59. The molecule has 7 nitrogen and oxygen atoms in total. The van der Waals surface area contributed by atoms with Gasteiger partial charge in [-0.15, -0.1) is 10.2 Å².